The standard InChI is InChI=1S/C12H24N2O2/c1-10(2)14(9-7-6-8-13)11(15)16-12(3,4)5/h6-7,10H,8-9,13H2,1-5H3/b7-6+. The van der Waals surface area contributed by atoms with Crippen molar-refractivity contribution >= 4 is 6.09 Å². The van der Waals surface area contributed by atoms with Crippen molar-refractivity contribution in [3.8, 4) is 0 Å². The highest BCUT2D eigenvalue weighted by atomic mass is 16.6. The lowest BCUT2D eigenvalue weighted by atomic mass is 10.2. The fraction of sp³-hybridized carbons (Fsp3) is 0.750. The normalized spacial score (nSPS) is 12.2. The van der Waals surface area contributed by atoms with Crippen LogP contribution in [-0.2, 0) is 4.74 Å². The summed E-state index contributed by atoms with van der Waals surface area (Å²) in [5, 5.41) is 0. The van der Waals surface area contributed by atoms with Gasteiger partial charge in [-0.2, -0.15) is 0 Å². The van der Waals surface area contributed by atoms with Gasteiger partial charge in [-0.25, -0.2) is 4.79 Å². The molecule has 0 heterocycles. The summed E-state index contributed by atoms with van der Waals surface area (Å²) in [4.78, 5) is 13.5. The Morgan fingerprint density at radius 1 is 1.38 bits per heavy atom. The summed E-state index contributed by atoms with van der Waals surface area (Å²) in [6.45, 7) is 10.5. The van der Waals surface area contributed by atoms with Gasteiger partial charge in [0.15, 0.2) is 0 Å². The third kappa shape index (κ3) is 6.45. The lowest BCUT2D eigenvalue weighted by molar-refractivity contribution is 0.0217. The predicted molar refractivity (Wildman–Crippen MR) is 66.3 cm³/mol. The monoisotopic (exact) mass is 228 g/mol. The van der Waals surface area contributed by atoms with Crippen molar-refractivity contribution in [2.75, 3.05) is 13.1 Å². The average molecular weight is 228 g/mol. The van der Waals surface area contributed by atoms with E-state index in [2.05, 4.69) is 0 Å². The van der Waals surface area contributed by atoms with Crippen LogP contribution in [0, 0.1) is 0 Å². The van der Waals surface area contributed by atoms with Crippen molar-refractivity contribution in [3.63, 3.8) is 0 Å². The van der Waals surface area contributed by atoms with Gasteiger partial charge >= 0.3 is 6.09 Å². The summed E-state index contributed by atoms with van der Waals surface area (Å²) in [6, 6.07) is 0.109. The maximum atomic E-state index is 11.8. The fourth-order valence-corrected chi connectivity index (χ4v) is 1.10. The second kappa shape index (κ2) is 6.53. The van der Waals surface area contributed by atoms with Gasteiger partial charge < -0.3 is 15.4 Å². The summed E-state index contributed by atoms with van der Waals surface area (Å²) >= 11 is 0. The molecule has 0 unspecified atom stereocenters. The van der Waals surface area contributed by atoms with E-state index in [1.165, 1.54) is 0 Å². The number of nitrogens with zero attached hydrogens (tertiary/aromatic N) is 1. The van der Waals surface area contributed by atoms with Gasteiger partial charge in [0.2, 0.25) is 0 Å². The molecule has 4 nitrogen and oxygen atoms in total. The molecule has 0 saturated carbocycles. The zero-order valence-corrected chi connectivity index (χ0v) is 11.0. The number of carbonyl (C=O) groups excluding carboxylic acids is 1. The summed E-state index contributed by atoms with van der Waals surface area (Å²) in [5.41, 5.74) is 4.89. The highest BCUT2D eigenvalue weighted by Crippen LogP contribution is 2.11. The minimum atomic E-state index is -0.457. The predicted octanol–water partition coefficient (Wildman–Crippen LogP) is 2.15. The molecule has 1 amide bonds. The molecule has 4 heteroatoms. The molecular formula is C12H24N2O2. The molecular weight excluding hydrogens is 204 g/mol. The van der Waals surface area contributed by atoms with Crippen molar-refractivity contribution in [1.29, 1.82) is 0 Å². The number of rotatable bonds is 4. The van der Waals surface area contributed by atoms with Crippen molar-refractivity contribution < 1.29 is 9.53 Å². The molecule has 0 aliphatic heterocycles. The molecule has 0 atom stereocenters. The second-order valence-corrected chi connectivity index (χ2v) is 4.93. The first-order chi connectivity index (χ1) is 7.28. The molecule has 0 spiro atoms. The lowest BCUT2D eigenvalue weighted by Crippen LogP contribution is -2.41. The summed E-state index contributed by atoms with van der Waals surface area (Å²) in [6.07, 6.45) is 3.42. The van der Waals surface area contributed by atoms with Gasteiger partial charge in [0, 0.05) is 19.1 Å². The molecule has 0 radical (unpaired) electrons. The first-order valence-corrected chi connectivity index (χ1v) is 5.62. The SMILES string of the molecule is CC(C)N(C/C=C/CN)C(=O)OC(C)(C)C. The maximum absolute atomic E-state index is 11.8. The molecule has 0 aromatic carbocycles. The van der Waals surface area contributed by atoms with Crippen LogP contribution in [-0.4, -0.2) is 35.7 Å². The number of hydrogen-bond acceptors (Lipinski definition) is 3. The number of hydrogen-bond donors (Lipinski definition) is 1. The minimum Gasteiger partial charge on any atom is -0.444 e. The fourth-order valence-electron chi connectivity index (χ4n) is 1.10. The summed E-state index contributed by atoms with van der Waals surface area (Å²) < 4.78 is 5.31. The molecule has 94 valence electrons. The Balaban J connectivity index is 4.42. The van der Waals surface area contributed by atoms with Crippen LogP contribution in [0.15, 0.2) is 12.2 Å². The van der Waals surface area contributed by atoms with Crippen LogP contribution in [0.4, 0.5) is 4.79 Å². The quantitative estimate of drug-likeness (QED) is 0.750. The highest BCUT2D eigenvalue weighted by Gasteiger charge is 2.22. The second-order valence-electron chi connectivity index (χ2n) is 4.93. The smallest absolute Gasteiger partial charge is 0.410 e. The minimum absolute atomic E-state index is 0.109. The van der Waals surface area contributed by atoms with Crippen molar-refractivity contribution in [2.24, 2.45) is 5.73 Å². The van der Waals surface area contributed by atoms with Crippen molar-refractivity contribution in [2.45, 2.75) is 46.3 Å². The molecule has 0 bridgehead atoms. The highest BCUT2D eigenvalue weighted by molar-refractivity contribution is 5.68. The molecule has 0 aromatic heterocycles. The third-order valence-corrected chi connectivity index (χ3v) is 1.86. The van der Waals surface area contributed by atoms with Crippen LogP contribution in [0.2, 0.25) is 0 Å². The van der Waals surface area contributed by atoms with Crippen molar-refractivity contribution in [3.05, 3.63) is 12.2 Å². The van der Waals surface area contributed by atoms with Gasteiger partial charge in [-0.3, -0.25) is 0 Å². The first-order valence-electron chi connectivity index (χ1n) is 5.62. The Morgan fingerprint density at radius 2 is 1.94 bits per heavy atom. The Morgan fingerprint density at radius 3 is 2.31 bits per heavy atom. The first kappa shape index (κ1) is 15.0. The molecule has 0 fully saturated rings. The molecule has 0 saturated heterocycles. The maximum Gasteiger partial charge on any atom is 0.410 e. The van der Waals surface area contributed by atoms with Crippen LogP contribution >= 0.6 is 0 Å². The van der Waals surface area contributed by atoms with E-state index in [-0.39, 0.29) is 12.1 Å². The molecule has 0 aliphatic rings. The number of ether oxygens (including phenoxy) is 1. The topological polar surface area (TPSA) is 55.6 Å². The molecule has 0 rings (SSSR count). The zero-order chi connectivity index (χ0) is 12.8. The third-order valence-electron chi connectivity index (χ3n) is 1.86. The van der Waals surface area contributed by atoms with Crippen LogP contribution in [0.1, 0.15) is 34.6 Å². The van der Waals surface area contributed by atoms with Gasteiger partial charge in [-0.1, -0.05) is 12.2 Å². The van der Waals surface area contributed by atoms with Gasteiger partial charge in [-0.05, 0) is 34.6 Å². The van der Waals surface area contributed by atoms with Crippen LogP contribution in [0.3, 0.4) is 0 Å². The van der Waals surface area contributed by atoms with Gasteiger partial charge in [0.25, 0.3) is 0 Å². The molecule has 0 aliphatic carbocycles. The number of carbonyl (C=O) groups is 1. The summed E-state index contributed by atoms with van der Waals surface area (Å²) in [7, 11) is 0. The van der Waals surface area contributed by atoms with E-state index in [0.29, 0.717) is 13.1 Å². The lowest BCUT2D eigenvalue weighted by Gasteiger charge is -2.29. The Bertz CT molecular complexity index is 242. The van der Waals surface area contributed by atoms with E-state index < -0.39 is 5.60 Å². The van der Waals surface area contributed by atoms with Gasteiger partial charge in [0.05, 0.1) is 0 Å². The van der Waals surface area contributed by atoms with E-state index in [9.17, 15) is 4.79 Å². The number of nitrogens with two attached hydrogens (primary N) is 1. The van der Waals surface area contributed by atoms with Crippen LogP contribution < -0.4 is 5.73 Å². The van der Waals surface area contributed by atoms with E-state index in [4.69, 9.17) is 10.5 Å². The largest absolute Gasteiger partial charge is 0.444 e. The summed E-state index contributed by atoms with van der Waals surface area (Å²) in [5.74, 6) is 0. The molecule has 2 N–H and O–H groups in total. The van der Waals surface area contributed by atoms with Crippen molar-refractivity contribution in [1.82, 2.24) is 4.90 Å². The number of amides is 1. The van der Waals surface area contributed by atoms with Gasteiger partial charge in [-0.15, -0.1) is 0 Å². The van der Waals surface area contributed by atoms with E-state index >= 15 is 0 Å². The zero-order valence-electron chi connectivity index (χ0n) is 11.0. The van der Waals surface area contributed by atoms with E-state index in [1.54, 1.807) is 4.90 Å². The van der Waals surface area contributed by atoms with Gasteiger partial charge in [0.1, 0.15) is 5.60 Å². The van der Waals surface area contributed by atoms with E-state index in [1.807, 2.05) is 46.8 Å². The Labute approximate surface area is 98.4 Å². The van der Waals surface area contributed by atoms with Crippen LogP contribution in [0.25, 0.3) is 0 Å². The Hall–Kier alpha value is -1.03. The Kier molecular flexibility index (Phi) is 6.11. The van der Waals surface area contributed by atoms with Crippen LogP contribution in [0.5, 0.6) is 0 Å². The van der Waals surface area contributed by atoms with E-state index in [0.717, 1.165) is 0 Å². The molecule has 16 heavy (non-hydrogen) atoms. The molecule has 0 aromatic rings. The average Bonchev–Trinajstić information content (AvgIpc) is 2.08.